The van der Waals surface area contributed by atoms with Gasteiger partial charge in [-0.15, -0.1) is 0 Å². The largest absolute Gasteiger partial charge is 0.484 e. The van der Waals surface area contributed by atoms with Gasteiger partial charge in [0.15, 0.2) is 6.61 Å². The highest BCUT2D eigenvalue weighted by Gasteiger charge is 2.31. The van der Waals surface area contributed by atoms with Crippen molar-refractivity contribution in [1.29, 1.82) is 0 Å². The molecule has 202 valence electrons. The summed E-state index contributed by atoms with van der Waals surface area (Å²) >= 11 is 6.47. The quantitative estimate of drug-likeness (QED) is 0.308. The van der Waals surface area contributed by atoms with Gasteiger partial charge in [-0.05, 0) is 46.2 Å². The first-order chi connectivity index (χ1) is 18.0. The number of amides is 2. The van der Waals surface area contributed by atoms with E-state index in [9.17, 15) is 9.59 Å². The lowest BCUT2D eigenvalue weighted by molar-refractivity contribution is -0.142. The fourth-order valence-electron chi connectivity index (χ4n) is 4.07. The van der Waals surface area contributed by atoms with Crippen LogP contribution in [0, 0.1) is 5.92 Å². The Morgan fingerprint density at radius 1 is 0.921 bits per heavy atom. The van der Waals surface area contributed by atoms with E-state index in [1.165, 1.54) is 5.56 Å². The zero-order chi connectivity index (χ0) is 27.7. The van der Waals surface area contributed by atoms with Crippen LogP contribution in [0.4, 0.5) is 0 Å². The third kappa shape index (κ3) is 8.63. The second kappa shape index (κ2) is 13.5. The van der Waals surface area contributed by atoms with Gasteiger partial charge in [0.25, 0.3) is 5.91 Å². The molecule has 0 aliphatic rings. The minimum absolute atomic E-state index is 0.0219. The van der Waals surface area contributed by atoms with Crippen molar-refractivity contribution < 1.29 is 14.3 Å². The number of nitrogens with zero attached hydrogens (tertiary/aromatic N) is 1. The van der Waals surface area contributed by atoms with Crippen molar-refractivity contribution in [3.05, 3.63) is 101 Å². The van der Waals surface area contributed by atoms with Crippen LogP contribution in [0.1, 0.15) is 51.3 Å². The van der Waals surface area contributed by atoms with Gasteiger partial charge in [0.2, 0.25) is 5.91 Å². The Morgan fingerprint density at radius 3 is 2.16 bits per heavy atom. The Morgan fingerprint density at radius 2 is 1.55 bits per heavy atom. The number of benzene rings is 3. The lowest BCUT2D eigenvalue weighted by Gasteiger charge is -2.32. The molecule has 1 N–H and O–H groups in total. The van der Waals surface area contributed by atoms with Crippen LogP contribution in [0.2, 0.25) is 5.02 Å². The van der Waals surface area contributed by atoms with Crippen molar-refractivity contribution in [3.8, 4) is 5.75 Å². The van der Waals surface area contributed by atoms with Crippen molar-refractivity contribution >= 4 is 23.4 Å². The van der Waals surface area contributed by atoms with Crippen molar-refractivity contribution in [1.82, 2.24) is 10.2 Å². The number of hydrogen-bond acceptors (Lipinski definition) is 3. The Labute approximate surface area is 232 Å². The predicted octanol–water partition coefficient (Wildman–Crippen LogP) is 6.43. The first-order valence-electron chi connectivity index (χ1n) is 13.1. The molecule has 0 aliphatic heterocycles. The molecule has 3 aromatic rings. The maximum atomic E-state index is 13.7. The highest BCUT2D eigenvalue weighted by atomic mass is 35.5. The Hall–Kier alpha value is -3.31. The van der Waals surface area contributed by atoms with E-state index in [2.05, 4.69) is 26.1 Å². The molecule has 3 aromatic carbocycles. The maximum Gasteiger partial charge on any atom is 0.261 e. The number of ether oxygens (including phenoxy) is 1. The van der Waals surface area contributed by atoms with Crippen molar-refractivity contribution in [3.63, 3.8) is 0 Å². The average Bonchev–Trinajstić information content (AvgIpc) is 2.89. The molecule has 0 aliphatic carbocycles. The lowest BCUT2D eigenvalue weighted by atomic mass is 9.87. The van der Waals surface area contributed by atoms with E-state index in [1.807, 2.05) is 86.6 Å². The minimum Gasteiger partial charge on any atom is -0.484 e. The number of carbonyl (C=O) groups excluding carboxylic acids is 2. The van der Waals surface area contributed by atoms with E-state index >= 15 is 0 Å². The SMILES string of the molecule is CC(C)CNC(=O)[C@H](Cc1ccccc1)N(Cc1ccccc1Cl)C(=O)COc1ccc(C(C)(C)C)cc1. The zero-order valence-electron chi connectivity index (χ0n) is 23.0. The molecule has 0 saturated carbocycles. The molecular weight excluding hydrogens is 496 g/mol. The average molecular weight is 535 g/mol. The molecule has 2 amide bonds. The molecule has 3 rings (SSSR count). The molecule has 0 radical (unpaired) electrons. The Kier molecular flexibility index (Phi) is 10.4. The highest BCUT2D eigenvalue weighted by molar-refractivity contribution is 6.31. The second-order valence-corrected chi connectivity index (χ2v) is 11.4. The zero-order valence-corrected chi connectivity index (χ0v) is 23.8. The molecule has 0 bridgehead atoms. The molecule has 0 aromatic heterocycles. The van der Waals surface area contributed by atoms with Gasteiger partial charge < -0.3 is 15.0 Å². The third-order valence-corrected chi connectivity index (χ3v) is 6.71. The lowest BCUT2D eigenvalue weighted by Crippen LogP contribution is -2.52. The van der Waals surface area contributed by atoms with Gasteiger partial charge >= 0.3 is 0 Å². The van der Waals surface area contributed by atoms with Gasteiger partial charge in [0.05, 0.1) is 0 Å². The van der Waals surface area contributed by atoms with Crippen molar-refractivity contribution in [2.24, 2.45) is 5.92 Å². The van der Waals surface area contributed by atoms with E-state index in [0.717, 1.165) is 11.1 Å². The number of nitrogens with one attached hydrogen (secondary N) is 1. The van der Waals surface area contributed by atoms with Gasteiger partial charge in [0, 0.05) is 24.5 Å². The normalized spacial score (nSPS) is 12.2. The fourth-order valence-corrected chi connectivity index (χ4v) is 4.26. The molecule has 38 heavy (non-hydrogen) atoms. The van der Waals surface area contributed by atoms with Crippen LogP contribution in [-0.4, -0.2) is 35.9 Å². The number of rotatable bonds is 11. The van der Waals surface area contributed by atoms with Gasteiger partial charge in [-0.2, -0.15) is 0 Å². The molecule has 0 saturated heterocycles. The summed E-state index contributed by atoms with van der Waals surface area (Å²) < 4.78 is 5.91. The van der Waals surface area contributed by atoms with E-state index in [1.54, 1.807) is 11.0 Å². The molecule has 0 spiro atoms. The van der Waals surface area contributed by atoms with Crippen molar-refractivity contribution in [2.45, 2.75) is 59.0 Å². The van der Waals surface area contributed by atoms with Crippen LogP contribution in [0.5, 0.6) is 5.75 Å². The first-order valence-corrected chi connectivity index (χ1v) is 13.5. The first kappa shape index (κ1) is 29.2. The molecule has 1 atom stereocenters. The van der Waals surface area contributed by atoms with Crippen LogP contribution in [0.25, 0.3) is 0 Å². The molecule has 5 nitrogen and oxygen atoms in total. The Balaban J connectivity index is 1.88. The molecule has 0 unspecified atom stereocenters. The maximum absolute atomic E-state index is 13.7. The summed E-state index contributed by atoms with van der Waals surface area (Å²) in [6.45, 7) is 11.0. The Bertz CT molecular complexity index is 1190. The summed E-state index contributed by atoms with van der Waals surface area (Å²) in [5, 5.41) is 3.57. The highest BCUT2D eigenvalue weighted by Crippen LogP contribution is 2.25. The van der Waals surface area contributed by atoms with Gasteiger partial charge in [-0.25, -0.2) is 0 Å². The standard InChI is InChI=1S/C32H39ClN2O3/c1-23(2)20-34-31(37)29(19-24-11-7-6-8-12-24)35(21-25-13-9-10-14-28(25)33)30(36)22-38-27-17-15-26(16-18-27)32(3,4)5/h6-18,23,29H,19-22H2,1-5H3,(H,34,37)/t29-/m0/s1. The van der Waals surface area contributed by atoms with E-state index in [0.29, 0.717) is 23.7 Å². The minimum atomic E-state index is -0.730. The number of halogens is 1. The monoisotopic (exact) mass is 534 g/mol. The number of carbonyl (C=O) groups is 2. The summed E-state index contributed by atoms with van der Waals surface area (Å²) in [7, 11) is 0. The second-order valence-electron chi connectivity index (χ2n) is 11.0. The molecular formula is C32H39ClN2O3. The summed E-state index contributed by atoms with van der Waals surface area (Å²) in [6, 6.07) is 24.2. The third-order valence-electron chi connectivity index (χ3n) is 6.34. The molecule has 0 heterocycles. The van der Waals surface area contributed by atoms with Crippen LogP contribution in [0.15, 0.2) is 78.9 Å². The summed E-state index contributed by atoms with van der Waals surface area (Å²) in [5.41, 5.74) is 2.94. The van der Waals surface area contributed by atoms with Gasteiger partial charge in [-0.3, -0.25) is 9.59 Å². The van der Waals surface area contributed by atoms with Crippen LogP contribution >= 0.6 is 11.6 Å². The van der Waals surface area contributed by atoms with Gasteiger partial charge in [-0.1, -0.05) is 107 Å². The summed E-state index contributed by atoms with van der Waals surface area (Å²) in [4.78, 5) is 28.8. The molecule has 0 fully saturated rings. The van der Waals surface area contributed by atoms with Crippen LogP contribution in [0.3, 0.4) is 0 Å². The van der Waals surface area contributed by atoms with Crippen molar-refractivity contribution in [2.75, 3.05) is 13.2 Å². The summed E-state index contributed by atoms with van der Waals surface area (Å²) in [6.07, 6.45) is 0.376. The summed E-state index contributed by atoms with van der Waals surface area (Å²) in [5.74, 6) is 0.402. The van der Waals surface area contributed by atoms with Crippen LogP contribution < -0.4 is 10.1 Å². The van der Waals surface area contributed by atoms with E-state index < -0.39 is 6.04 Å². The smallest absolute Gasteiger partial charge is 0.261 e. The topological polar surface area (TPSA) is 58.6 Å². The van der Waals surface area contributed by atoms with Crippen LogP contribution in [-0.2, 0) is 28.0 Å². The molecule has 6 heteroatoms. The van der Waals surface area contributed by atoms with E-state index in [-0.39, 0.29) is 36.3 Å². The fraction of sp³-hybridized carbons (Fsp3) is 0.375. The predicted molar refractivity (Wildman–Crippen MR) is 154 cm³/mol. The number of hydrogen-bond donors (Lipinski definition) is 1. The van der Waals surface area contributed by atoms with Gasteiger partial charge in [0.1, 0.15) is 11.8 Å². The van der Waals surface area contributed by atoms with E-state index in [4.69, 9.17) is 16.3 Å².